The Morgan fingerprint density at radius 1 is 1.15 bits per heavy atom. The predicted octanol–water partition coefficient (Wildman–Crippen LogP) is 1.68. The van der Waals surface area contributed by atoms with E-state index in [0.29, 0.717) is 12.1 Å². The van der Waals surface area contributed by atoms with Gasteiger partial charge in [-0.05, 0) is 38.5 Å². The van der Waals surface area contributed by atoms with Gasteiger partial charge in [0, 0.05) is 12.1 Å². The monoisotopic (exact) mass is 183 g/mol. The lowest BCUT2D eigenvalue weighted by molar-refractivity contribution is 0.0845. The van der Waals surface area contributed by atoms with E-state index in [2.05, 4.69) is 12.2 Å². The molecule has 0 heterocycles. The van der Waals surface area contributed by atoms with Gasteiger partial charge in [-0.2, -0.15) is 0 Å². The number of aliphatic hydroxyl groups is 1. The highest BCUT2D eigenvalue weighted by atomic mass is 16.3. The Bertz CT molecular complexity index is 167. The van der Waals surface area contributed by atoms with Crippen molar-refractivity contribution < 1.29 is 5.11 Å². The summed E-state index contributed by atoms with van der Waals surface area (Å²) in [5, 5.41) is 13.3. The Balaban J connectivity index is 1.77. The van der Waals surface area contributed by atoms with Crippen molar-refractivity contribution in [1.82, 2.24) is 5.32 Å². The topological polar surface area (TPSA) is 32.3 Å². The Labute approximate surface area is 80.7 Å². The zero-order valence-electron chi connectivity index (χ0n) is 8.50. The molecule has 2 saturated carbocycles. The fourth-order valence-corrected chi connectivity index (χ4v) is 2.38. The molecule has 0 aromatic rings. The molecule has 0 saturated heterocycles. The summed E-state index contributed by atoms with van der Waals surface area (Å²) in [5.41, 5.74) is 0. The zero-order valence-corrected chi connectivity index (χ0v) is 8.50. The van der Waals surface area contributed by atoms with E-state index in [0.717, 1.165) is 18.8 Å². The number of nitrogens with one attached hydrogen (secondary N) is 1. The highest BCUT2D eigenvalue weighted by Crippen LogP contribution is 2.33. The number of hydrogen-bond donors (Lipinski definition) is 2. The summed E-state index contributed by atoms with van der Waals surface area (Å²) >= 11 is 0. The standard InChI is InChI=1S/C11H21NO/c1-8(9-6-7-9)12-10-4-2-3-5-11(10)13/h8-13H,2-7H2,1H3/t8?,10-,11-/m1/s1. The Hall–Kier alpha value is -0.0800. The van der Waals surface area contributed by atoms with Crippen molar-refractivity contribution in [2.45, 2.75) is 63.6 Å². The second-order valence-corrected chi connectivity index (χ2v) is 4.75. The minimum atomic E-state index is -0.0880. The number of aliphatic hydroxyl groups excluding tert-OH is 1. The Morgan fingerprint density at radius 2 is 1.85 bits per heavy atom. The first kappa shape index (κ1) is 9.47. The van der Waals surface area contributed by atoms with Gasteiger partial charge < -0.3 is 10.4 Å². The van der Waals surface area contributed by atoms with E-state index in [-0.39, 0.29) is 6.10 Å². The lowest BCUT2D eigenvalue weighted by Crippen LogP contribution is -2.46. The second kappa shape index (κ2) is 3.97. The molecule has 2 nitrogen and oxygen atoms in total. The van der Waals surface area contributed by atoms with Gasteiger partial charge in [0.2, 0.25) is 0 Å². The van der Waals surface area contributed by atoms with Gasteiger partial charge in [0.15, 0.2) is 0 Å². The van der Waals surface area contributed by atoms with Crippen molar-refractivity contribution in [2.75, 3.05) is 0 Å². The summed E-state index contributed by atoms with van der Waals surface area (Å²) in [4.78, 5) is 0. The largest absolute Gasteiger partial charge is 0.392 e. The van der Waals surface area contributed by atoms with E-state index in [1.165, 1.54) is 25.7 Å². The smallest absolute Gasteiger partial charge is 0.0693 e. The molecular formula is C11H21NO. The molecule has 76 valence electrons. The third kappa shape index (κ3) is 2.44. The minimum Gasteiger partial charge on any atom is -0.392 e. The maximum absolute atomic E-state index is 9.76. The van der Waals surface area contributed by atoms with E-state index in [1.807, 2.05) is 0 Å². The molecule has 13 heavy (non-hydrogen) atoms. The maximum atomic E-state index is 9.76. The summed E-state index contributed by atoms with van der Waals surface area (Å²) < 4.78 is 0. The summed E-state index contributed by atoms with van der Waals surface area (Å²) in [6, 6.07) is 1.00. The molecule has 0 amide bonds. The second-order valence-electron chi connectivity index (χ2n) is 4.75. The van der Waals surface area contributed by atoms with Crippen LogP contribution in [0.4, 0.5) is 0 Å². The van der Waals surface area contributed by atoms with Gasteiger partial charge in [0.25, 0.3) is 0 Å². The van der Waals surface area contributed by atoms with Crippen molar-refractivity contribution in [3.8, 4) is 0 Å². The molecule has 2 aliphatic carbocycles. The van der Waals surface area contributed by atoms with Crippen LogP contribution in [-0.4, -0.2) is 23.3 Å². The summed E-state index contributed by atoms with van der Waals surface area (Å²) in [6.07, 6.45) is 7.33. The van der Waals surface area contributed by atoms with Crippen LogP contribution in [-0.2, 0) is 0 Å². The molecule has 0 aromatic heterocycles. The Kier molecular flexibility index (Phi) is 2.89. The van der Waals surface area contributed by atoms with Gasteiger partial charge in [-0.25, -0.2) is 0 Å². The van der Waals surface area contributed by atoms with E-state index in [9.17, 15) is 5.11 Å². The van der Waals surface area contributed by atoms with E-state index in [4.69, 9.17) is 0 Å². The average Bonchev–Trinajstić information content (AvgIpc) is 2.91. The molecule has 3 atom stereocenters. The van der Waals surface area contributed by atoms with Crippen LogP contribution in [0.5, 0.6) is 0 Å². The van der Waals surface area contributed by atoms with Crippen LogP contribution in [0.3, 0.4) is 0 Å². The summed E-state index contributed by atoms with van der Waals surface area (Å²) in [5.74, 6) is 0.897. The summed E-state index contributed by atoms with van der Waals surface area (Å²) in [7, 11) is 0. The molecule has 2 rings (SSSR count). The lowest BCUT2D eigenvalue weighted by Gasteiger charge is -2.31. The third-order valence-electron chi connectivity index (χ3n) is 3.54. The molecule has 2 heteroatoms. The van der Waals surface area contributed by atoms with E-state index < -0.39 is 0 Å². The van der Waals surface area contributed by atoms with Crippen molar-refractivity contribution in [3.05, 3.63) is 0 Å². The first-order valence-corrected chi connectivity index (χ1v) is 5.71. The van der Waals surface area contributed by atoms with Crippen LogP contribution in [0.15, 0.2) is 0 Å². The highest BCUT2D eigenvalue weighted by molar-refractivity contribution is 4.89. The summed E-state index contributed by atoms with van der Waals surface area (Å²) in [6.45, 7) is 2.26. The van der Waals surface area contributed by atoms with Crippen LogP contribution in [0, 0.1) is 5.92 Å². The van der Waals surface area contributed by atoms with Crippen molar-refractivity contribution in [1.29, 1.82) is 0 Å². The third-order valence-corrected chi connectivity index (χ3v) is 3.54. The molecule has 0 aliphatic heterocycles. The molecule has 2 N–H and O–H groups in total. The van der Waals surface area contributed by atoms with Gasteiger partial charge in [-0.1, -0.05) is 12.8 Å². The highest BCUT2D eigenvalue weighted by Gasteiger charge is 2.31. The molecule has 1 unspecified atom stereocenters. The van der Waals surface area contributed by atoms with Crippen LogP contribution in [0.2, 0.25) is 0 Å². The van der Waals surface area contributed by atoms with E-state index >= 15 is 0 Å². The predicted molar refractivity (Wildman–Crippen MR) is 53.6 cm³/mol. The molecule has 0 radical (unpaired) electrons. The van der Waals surface area contributed by atoms with Crippen LogP contribution >= 0.6 is 0 Å². The van der Waals surface area contributed by atoms with Crippen LogP contribution < -0.4 is 5.32 Å². The first-order chi connectivity index (χ1) is 6.27. The van der Waals surface area contributed by atoms with Crippen LogP contribution in [0.25, 0.3) is 0 Å². The SMILES string of the molecule is CC(N[C@@H]1CCCC[C@H]1O)C1CC1. The van der Waals surface area contributed by atoms with E-state index in [1.54, 1.807) is 0 Å². The van der Waals surface area contributed by atoms with Crippen molar-refractivity contribution in [3.63, 3.8) is 0 Å². The molecule has 0 aromatic carbocycles. The first-order valence-electron chi connectivity index (χ1n) is 5.71. The van der Waals surface area contributed by atoms with Gasteiger partial charge in [0.05, 0.1) is 6.10 Å². The van der Waals surface area contributed by atoms with Crippen molar-refractivity contribution >= 4 is 0 Å². The minimum absolute atomic E-state index is 0.0880. The number of rotatable bonds is 3. The molecule has 2 fully saturated rings. The van der Waals surface area contributed by atoms with Crippen LogP contribution in [0.1, 0.15) is 45.4 Å². The van der Waals surface area contributed by atoms with Crippen molar-refractivity contribution in [2.24, 2.45) is 5.92 Å². The van der Waals surface area contributed by atoms with Gasteiger partial charge >= 0.3 is 0 Å². The lowest BCUT2D eigenvalue weighted by atomic mass is 9.92. The normalized spacial score (nSPS) is 37.4. The van der Waals surface area contributed by atoms with Gasteiger partial charge in [-0.15, -0.1) is 0 Å². The fourth-order valence-electron chi connectivity index (χ4n) is 2.38. The fraction of sp³-hybridized carbons (Fsp3) is 1.00. The molecule has 0 spiro atoms. The molecule has 0 bridgehead atoms. The average molecular weight is 183 g/mol. The molecule has 2 aliphatic rings. The number of hydrogen-bond acceptors (Lipinski definition) is 2. The zero-order chi connectivity index (χ0) is 9.26. The van der Waals surface area contributed by atoms with Gasteiger partial charge in [0.1, 0.15) is 0 Å². The van der Waals surface area contributed by atoms with Gasteiger partial charge in [-0.3, -0.25) is 0 Å². The quantitative estimate of drug-likeness (QED) is 0.697. The molecular weight excluding hydrogens is 162 g/mol. The Morgan fingerprint density at radius 3 is 2.46 bits per heavy atom. The maximum Gasteiger partial charge on any atom is 0.0693 e.